The third-order valence-electron chi connectivity index (χ3n) is 1.63. The quantitative estimate of drug-likeness (QED) is 0.482. The fourth-order valence-corrected chi connectivity index (χ4v) is 1.18. The largest absolute Gasteiger partial charge is 0.389 e. The van der Waals surface area contributed by atoms with Crippen molar-refractivity contribution in [3.8, 4) is 6.07 Å². The lowest BCUT2D eigenvalue weighted by Crippen LogP contribution is -2.11. The summed E-state index contributed by atoms with van der Waals surface area (Å²) in [6.07, 6.45) is 1.43. The summed E-state index contributed by atoms with van der Waals surface area (Å²) in [5.74, 6) is 0. The number of para-hydroxylation sites is 1. The minimum atomic E-state index is 0.0528. The third-order valence-corrected chi connectivity index (χ3v) is 2.18. The maximum Gasteiger partial charge on any atom is 0.116 e. The Bertz CT molecular complexity index is 448. The number of nitriles is 1. The molecule has 0 bridgehead atoms. The third kappa shape index (κ3) is 3.24. The van der Waals surface area contributed by atoms with E-state index in [1.807, 2.05) is 18.2 Å². The lowest BCUT2D eigenvalue weighted by Gasteiger charge is -2.03. The van der Waals surface area contributed by atoms with Gasteiger partial charge in [-0.2, -0.15) is 5.26 Å². The topological polar surface area (TPSA) is 61.8 Å². The van der Waals surface area contributed by atoms with Gasteiger partial charge in [0, 0.05) is 6.20 Å². The molecule has 0 heterocycles. The molecular weight excluding hydrogens is 230 g/mol. The van der Waals surface area contributed by atoms with Crippen molar-refractivity contribution in [2.24, 2.45) is 5.73 Å². The fraction of sp³-hybridized carbons (Fsp3) is 0. The highest BCUT2D eigenvalue weighted by Gasteiger charge is 1.99. The zero-order valence-electron chi connectivity index (χ0n) is 7.70. The summed E-state index contributed by atoms with van der Waals surface area (Å²) in [6.45, 7) is 0. The Morgan fingerprint density at radius 2 is 2.20 bits per heavy atom. The van der Waals surface area contributed by atoms with Crippen molar-refractivity contribution in [2.45, 2.75) is 0 Å². The van der Waals surface area contributed by atoms with Crippen LogP contribution in [0.5, 0.6) is 0 Å². The van der Waals surface area contributed by atoms with Crippen LogP contribution in [0.15, 0.2) is 36.0 Å². The second kappa shape index (κ2) is 5.35. The van der Waals surface area contributed by atoms with Crippen molar-refractivity contribution in [3.05, 3.63) is 41.1 Å². The molecule has 0 atom stereocenters. The van der Waals surface area contributed by atoms with Gasteiger partial charge in [-0.25, -0.2) is 0 Å². The first kappa shape index (κ1) is 11.5. The average Bonchev–Trinajstić information content (AvgIpc) is 2.21. The Morgan fingerprint density at radius 1 is 1.53 bits per heavy atom. The second-order valence-electron chi connectivity index (χ2n) is 2.66. The molecule has 15 heavy (non-hydrogen) atoms. The molecule has 1 rings (SSSR count). The van der Waals surface area contributed by atoms with Crippen molar-refractivity contribution >= 4 is 34.5 Å². The van der Waals surface area contributed by atoms with Crippen LogP contribution in [0.4, 0.5) is 5.69 Å². The molecule has 0 saturated carbocycles. The highest BCUT2D eigenvalue weighted by Crippen LogP contribution is 2.20. The fourth-order valence-electron chi connectivity index (χ4n) is 0.887. The number of rotatable bonds is 3. The summed E-state index contributed by atoms with van der Waals surface area (Å²) in [5.41, 5.74) is 6.23. The highest BCUT2D eigenvalue weighted by molar-refractivity contribution is 7.80. The molecule has 3 nitrogen and oxygen atoms in total. The minimum absolute atomic E-state index is 0.0528. The van der Waals surface area contributed by atoms with Crippen molar-refractivity contribution < 1.29 is 0 Å². The Hall–Kier alpha value is -1.57. The number of anilines is 1. The van der Waals surface area contributed by atoms with E-state index in [1.165, 1.54) is 6.20 Å². The van der Waals surface area contributed by atoms with E-state index in [0.29, 0.717) is 10.7 Å². The van der Waals surface area contributed by atoms with Gasteiger partial charge in [0.15, 0.2) is 0 Å². The molecule has 0 unspecified atom stereocenters. The predicted octanol–water partition coefficient (Wildman–Crippen LogP) is 2.45. The monoisotopic (exact) mass is 237 g/mol. The van der Waals surface area contributed by atoms with E-state index in [-0.39, 0.29) is 10.6 Å². The first-order valence-corrected chi connectivity index (χ1v) is 4.85. The van der Waals surface area contributed by atoms with Gasteiger partial charge in [-0.1, -0.05) is 36.0 Å². The maximum absolute atomic E-state index is 8.68. The van der Waals surface area contributed by atoms with Gasteiger partial charge in [-0.15, -0.1) is 0 Å². The molecule has 0 spiro atoms. The van der Waals surface area contributed by atoms with Gasteiger partial charge in [0.2, 0.25) is 0 Å². The lowest BCUT2D eigenvalue weighted by molar-refractivity contribution is 1.49. The summed E-state index contributed by atoms with van der Waals surface area (Å²) in [7, 11) is 0. The Labute approximate surface area is 98.1 Å². The van der Waals surface area contributed by atoms with Crippen LogP contribution in [-0.2, 0) is 0 Å². The van der Waals surface area contributed by atoms with Crippen LogP contribution < -0.4 is 11.1 Å². The molecule has 0 amide bonds. The molecule has 76 valence electrons. The molecule has 1 aromatic carbocycles. The minimum Gasteiger partial charge on any atom is -0.389 e. The van der Waals surface area contributed by atoms with E-state index < -0.39 is 0 Å². The number of hydrogen-bond acceptors (Lipinski definition) is 3. The number of thiocarbonyl (C=S) groups is 1. The normalized spacial score (nSPS) is 10.5. The summed E-state index contributed by atoms with van der Waals surface area (Å²) in [6, 6.07) is 9.05. The van der Waals surface area contributed by atoms with E-state index >= 15 is 0 Å². The van der Waals surface area contributed by atoms with Crippen LogP contribution in [0.25, 0.3) is 0 Å². The van der Waals surface area contributed by atoms with Crippen LogP contribution in [0.2, 0.25) is 5.02 Å². The van der Waals surface area contributed by atoms with E-state index in [0.717, 1.165) is 0 Å². The van der Waals surface area contributed by atoms with Gasteiger partial charge < -0.3 is 11.1 Å². The number of nitrogens with zero attached hydrogens (tertiary/aromatic N) is 1. The number of halogens is 1. The zero-order chi connectivity index (χ0) is 11.3. The molecule has 0 aliphatic rings. The summed E-state index contributed by atoms with van der Waals surface area (Å²) in [5, 5.41) is 12.1. The van der Waals surface area contributed by atoms with E-state index in [9.17, 15) is 0 Å². The molecule has 0 aliphatic carbocycles. The Balaban J connectivity index is 2.85. The summed E-state index contributed by atoms with van der Waals surface area (Å²) in [4.78, 5) is 0.0528. The van der Waals surface area contributed by atoms with Crippen LogP contribution in [-0.4, -0.2) is 4.99 Å². The Morgan fingerprint density at radius 3 is 2.73 bits per heavy atom. The van der Waals surface area contributed by atoms with Gasteiger partial charge in [0.25, 0.3) is 0 Å². The van der Waals surface area contributed by atoms with Crippen LogP contribution in [0.3, 0.4) is 0 Å². The number of hydrogen-bond donors (Lipinski definition) is 2. The molecule has 0 radical (unpaired) electrons. The van der Waals surface area contributed by atoms with Crippen LogP contribution >= 0.6 is 23.8 Å². The molecular formula is C10H8ClN3S. The molecule has 0 fully saturated rings. The van der Waals surface area contributed by atoms with Crippen molar-refractivity contribution in [2.75, 3.05) is 5.32 Å². The number of nitrogens with one attached hydrogen (secondary N) is 1. The number of nitrogens with two attached hydrogens (primary N) is 1. The van der Waals surface area contributed by atoms with E-state index in [2.05, 4.69) is 17.5 Å². The lowest BCUT2D eigenvalue weighted by atomic mass is 10.3. The molecule has 1 aromatic rings. The van der Waals surface area contributed by atoms with Gasteiger partial charge >= 0.3 is 0 Å². The summed E-state index contributed by atoms with van der Waals surface area (Å²) >= 11 is 10.6. The van der Waals surface area contributed by atoms with E-state index in [1.54, 1.807) is 12.1 Å². The molecule has 5 heteroatoms. The first-order valence-electron chi connectivity index (χ1n) is 4.06. The van der Waals surface area contributed by atoms with Crippen molar-refractivity contribution in [1.29, 1.82) is 5.26 Å². The Kier molecular flexibility index (Phi) is 4.10. The van der Waals surface area contributed by atoms with Crippen molar-refractivity contribution in [1.82, 2.24) is 0 Å². The van der Waals surface area contributed by atoms with Crippen molar-refractivity contribution in [3.63, 3.8) is 0 Å². The smallest absolute Gasteiger partial charge is 0.116 e. The van der Waals surface area contributed by atoms with Crippen LogP contribution in [0, 0.1) is 11.3 Å². The SMILES string of the molecule is N#C/C(=C\Nc1ccccc1Cl)C(N)=S. The standard InChI is InChI=1S/C10H8ClN3S/c11-8-3-1-2-4-9(8)14-6-7(5-12)10(13)15/h1-4,6,14H,(H2,13,15)/b7-6+. The molecule has 3 N–H and O–H groups in total. The van der Waals surface area contributed by atoms with Gasteiger partial charge in [-0.3, -0.25) is 0 Å². The van der Waals surface area contributed by atoms with Gasteiger partial charge in [0.1, 0.15) is 16.6 Å². The maximum atomic E-state index is 8.68. The summed E-state index contributed by atoms with van der Waals surface area (Å²) < 4.78 is 0. The van der Waals surface area contributed by atoms with Gasteiger partial charge in [-0.05, 0) is 12.1 Å². The molecule has 0 aliphatic heterocycles. The van der Waals surface area contributed by atoms with Crippen LogP contribution in [0.1, 0.15) is 0 Å². The predicted molar refractivity (Wildman–Crippen MR) is 65.6 cm³/mol. The number of benzene rings is 1. The van der Waals surface area contributed by atoms with E-state index in [4.69, 9.17) is 22.6 Å². The second-order valence-corrected chi connectivity index (χ2v) is 3.51. The van der Waals surface area contributed by atoms with Gasteiger partial charge in [0.05, 0.1) is 10.7 Å². The molecule has 0 saturated heterocycles. The average molecular weight is 238 g/mol. The zero-order valence-corrected chi connectivity index (χ0v) is 9.27. The highest BCUT2D eigenvalue weighted by atomic mass is 35.5. The molecule has 0 aromatic heterocycles. The first-order chi connectivity index (χ1) is 7.15.